The summed E-state index contributed by atoms with van der Waals surface area (Å²) in [7, 11) is 1.68. The van der Waals surface area contributed by atoms with E-state index in [2.05, 4.69) is 22.6 Å². The van der Waals surface area contributed by atoms with Crippen LogP contribution in [0.15, 0.2) is 66.2 Å². The molecule has 2 N–H and O–H groups in total. The van der Waals surface area contributed by atoms with Crippen LogP contribution in [0.4, 0.5) is 5.69 Å². The van der Waals surface area contributed by atoms with Crippen molar-refractivity contribution in [3.63, 3.8) is 0 Å². The average molecular weight is 460 g/mol. The fraction of sp³-hybridized carbons (Fsp3) is 0.231. The van der Waals surface area contributed by atoms with Crippen LogP contribution in [0.1, 0.15) is 44.4 Å². The van der Waals surface area contributed by atoms with Gasteiger partial charge < -0.3 is 19.9 Å². The first-order valence-electron chi connectivity index (χ1n) is 11.0. The lowest BCUT2D eigenvalue weighted by atomic mass is 9.89. The molecule has 0 unspecified atom stereocenters. The van der Waals surface area contributed by atoms with Crippen LogP contribution in [0, 0.1) is 0 Å². The molecule has 0 spiro atoms. The van der Waals surface area contributed by atoms with E-state index in [0.29, 0.717) is 35.1 Å². The summed E-state index contributed by atoms with van der Waals surface area (Å²) in [5.74, 6) is 0.982. The monoisotopic (exact) mass is 459 g/mol. The lowest BCUT2D eigenvalue weighted by Gasteiger charge is -2.32. The van der Waals surface area contributed by atoms with Crippen LogP contribution in [0.5, 0.6) is 5.75 Å². The number of aromatic amines is 1. The Bertz CT molecular complexity index is 1290. The van der Waals surface area contributed by atoms with Gasteiger partial charge in [0.2, 0.25) is 0 Å². The van der Waals surface area contributed by atoms with Crippen molar-refractivity contribution in [1.29, 1.82) is 0 Å². The number of amides is 2. The number of anilines is 1. The number of carbonyl (C=O) groups excluding carboxylic acids is 2. The Kier molecular flexibility index (Phi) is 5.88. The predicted molar refractivity (Wildman–Crippen MR) is 131 cm³/mol. The maximum absolute atomic E-state index is 13.3. The predicted octanol–water partition coefficient (Wildman–Crippen LogP) is 5.51. The van der Waals surface area contributed by atoms with Gasteiger partial charge in [-0.1, -0.05) is 18.2 Å². The van der Waals surface area contributed by atoms with Crippen molar-refractivity contribution >= 4 is 39.7 Å². The van der Waals surface area contributed by atoms with Crippen molar-refractivity contribution in [1.82, 2.24) is 9.88 Å². The third kappa shape index (κ3) is 4.24. The Balaban J connectivity index is 1.29. The van der Waals surface area contributed by atoms with Crippen molar-refractivity contribution < 1.29 is 14.3 Å². The number of hydrogen-bond acceptors (Lipinski definition) is 4. The summed E-state index contributed by atoms with van der Waals surface area (Å²) in [4.78, 5) is 31.7. The van der Waals surface area contributed by atoms with E-state index >= 15 is 0 Å². The van der Waals surface area contributed by atoms with Crippen LogP contribution in [0.25, 0.3) is 10.9 Å². The average Bonchev–Trinajstić information content (AvgIpc) is 3.54. The van der Waals surface area contributed by atoms with Gasteiger partial charge in [-0.3, -0.25) is 9.59 Å². The third-order valence-electron chi connectivity index (χ3n) is 6.29. The molecular weight excluding hydrogens is 434 g/mol. The highest BCUT2D eigenvalue weighted by Gasteiger charge is 2.27. The Labute approximate surface area is 196 Å². The second-order valence-corrected chi connectivity index (χ2v) is 9.15. The summed E-state index contributed by atoms with van der Waals surface area (Å²) in [5.41, 5.74) is 3.45. The number of rotatable bonds is 5. The Morgan fingerprint density at radius 2 is 1.91 bits per heavy atom. The Hall–Kier alpha value is -3.58. The van der Waals surface area contributed by atoms with Crippen LogP contribution in [-0.2, 0) is 0 Å². The zero-order chi connectivity index (χ0) is 22.8. The topological polar surface area (TPSA) is 74.4 Å². The molecule has 4 aromatic rings. The van der Waals surface area contributed by atoms with Crippen LogP contribution < -0.4 is 10.1 Å². The molecule has 1 aliphatic heterocycles. The first-order valence-corrected chi connectivity index (χ1v) is 11.9. The minimum Gasteiger partial charge on any atom is -0.497 e. The van der Waals surface area contributed by atoms with Crippen LogP contribution in [0.2, 0.25) is 0 Å². The summed E-state index contributed by atoms with van der Waals surface area (Å²) >= 11 is 1.38. The van der Waals surface area contributed by atoms with Crippen molar-refractivity contribution in [3.8, 4) is 5.75 Å². The van der Waals surface area contributed by atoms with Crippen molar-refractivity contribution in [2.75, 3.05) is 25.5 Å². The van der Waals surface area contributed by atoms with Crippen molar-refractivity contribution in [2.45, 2.75) is 18.8 Å². The summed E-state index contributed by atoms with van der Waals surface area (Å²) in [6.45, 7) is 1.35. The number of carbonyl (C=O) groups is 2. The molecule has 0 radical (unpaired) electrons. The molecule has 3 heterocycles. The van der Waals surface area contributed by atoms with Crippen LogP contribution in [-0.4, -0.2) is 41.9 Å². The summed E-state index contributed by atoms with van der Waals surface area (Å²) < 4.78 is 5.40. The molecule has 0 aliphatic carbocycles. The molecule has 6 nitrogen and oxygen atoms in total. The second-order valence-electron chi connectivity index (χ2n) is 8.20. The number of fused-ring (bicyclic) bond motifs is 1. The number of benzene rings is 2. The van der Waals surface area contributed by atoms with Crippen molar-refractivity contribution in [3.05, 3.63) is 82.2 Å². The number of nitrogens with one attached hydrogen (secondary N) is 2. The standard InChI is InChI=1S/C26H25N3O3S/c1-32-18-8-9-22-20(15-18)21(16-27-22)17-10-12-29(13-11-17)26(31)19-5-2-3-6-23(19)28-25(30)24-7-4-14-33-24/h2-9,14-17,27H,10-13H2,1H3,(H,28,30). The zero-order valence-corrected chi connectivity index (χ0v) is 19.2. The van der Waals surface area contributed by atoms with Gasteiger partial charge in [-0.15, -0.1) is 11.3 Å². The number of thiophene rings is 1. The molecule has 1 aliphatic rings. The number of aromatic nitrogens is 1. The molecular formula is C26H25N3O3S. The summed E-state index contributed by atoms with van der Waals surface area (Å²) in [6.07, 6.45) is 3.86. The molecule has 33 heavy (non-hydrogen) atoms. The molecule has 2 aromatic heterocycles. The highest BCUT2D eigenvalue weighted by molar-refractivity contribution is 7.12. The van der Waals surface area contributed by atoms with Gasteiger partial charge in [0.05, 0.1) is 23.2 Å². The molecule has 1 fully saturated rings. The molecule has 0 bridgehead atoms. The largest absolute Gasteiger partial charge is 0.497 e. The molecule has 2 aromatic carbocycles. The van der Waals surface area contributed by atoms with Crippen LogP contribution >= 0.6 is 11.3 Å². The van der Waals surface area contributed by atoms with Gasteiger partial charge in [0.15, 0.2) is 0 Å². The van der Waals surface area contributed by atoms with Crippen molar-refractivity contribution in [2.24, 2.45) is 0 Å². The molecule has 7 heteroatoms. The molecule has 2 amide bonds. The van der Waals surface area contributed by atoms with E-state index in [-0.39, 0.29) is 11.8 Å². The second kappa shape index (κ2) is 9.11. The maximum Gasteiger partial charge on any atom is 0.265 e. The lowest BCUT2D eigenvalue weighted by Crippen LogP contribution is -2.38. The number of para-hydroxylation sites is 1. The highest BCUT2D eigenvalue weighted by Crippen LogP contribution is 2.35. The zero-order valence-electron chi connectivity index (χ0n) is 18.3. The Morgan fingerprint density at radius 1 is 1.09 bits per heavy atom. The smallest absolute Gasteiger partial charge is 0.265 e. The minimum absolute atomic E-state index is 0.0453. The van der Waals surface area contributed by atoms with E-state index in [4.69, 9.17) is 4.74 Å². The molecule has 0 atom stereocenters. The molecule has 1 saturated heterocycles. The van der Waals surface area contributed by atoms with E-state index in [1.54, 1.807) is 25.3 Å². The Morgan fingerprint density at radius 3 is 2.67 bits per heavy atom. The lowest BCUT2D eigenvalue weighted by molar-refractivity contribution is 0.0714. The number of hydrogen-bond donors (Lipinski definition) is 2. The first-order chi connectivity index (χ1) is 16.1. The fourth-order valence-electron chi connectivity index (χ4n) is 4.52. The minimum atomic E-state index is -0.196. The van der Waals surface area contributed by atoms with E-state index < -0.39 is 0 Å². The summed E-state index contributed by atoms with van der Waals surface area (Å²) in [6, 6.07) is 16.9. The number of H-pyrrole nitrogens is 1. The SMILES string of the molecule is COc1ccc2[nH]cc(C3CCN(C(=O)c4ccccc4NC(=O)c4cccs4)CC3)c2c1. The van der Waals surface area contributed by atoms with E-state index in [0.717, 1.165) is 24.1 Å². The van der Waals surface area contributed by atoms with E-state index in [9.17, 15) is 9.59 Å². The number of ether oxygens (including phenoxy) is 1. The quantitative estimate of drug-likeness (QED) is 0.413. The van der Waals surface area contributed by atoms with Gasteiger partial charge >= 0.3 is 0 Å². The van der Waals surface area contributed by atoms with Gasteiger partial charge in [0.25, 0.3) is 11.8 Å². The fourth-order valence-corrected chi connectivity index (χ4v) is 5.14. The van der Waals surface area contributed by atoms with E-state index in [1.807, 2.05) is 40.6 Å². The number of nitrogens with zero attached hydrogens (tertiary/aromatic N) is 1. The number of likely N-dealkylation sites (tertiary alicyclic amines) is 1. The normalized spacial score (nSPS) is 14.4. The van der Waals surface area contributed by atoms with Gasteiger partial charge in [0.1, 0.15) is 5.75 Å². The van der Waals surface area contributed by atoms with Gasteiger partial charge in [-0.05, 0) is 66.1 Å². The summed E-state index contributed by atoms with van der Waals surface area (Å²) in [5, 5.41) is 5.95. The van der Waals surface area contributed by atoms with Gasteiger partial charge in [-0.2, -0.15) is 0 Å². The molecule has 168 valence electrons. The maximum atomic E-state index is 13.3. The van der Waals surface area contributed by atoms with Crippen LogP contribution in [0.3, 0.4) is 0 Å². The first kappa shape index (κ1) is 21.3. The number of piperidine rings is 1. The molecule has 5 rings (SSSR count). The number of methoxy groups -OCH3 is 1. The van der Waals surface area contributed by atoms with Gasteiger partial charge in [0, 0.05) is 30.2 Å². The molecule has 0 saturated carbocycles. The third-order valence-corrected chi connectivity index (χ3v) is 7.16. The highest BCUT2D eigenvalue weighted by atomic mass is 32.1. The van der Waals surface area contributed by atoms with E-state index in [1.165, 1.54) is 22.3 Å². The van der Waals surface area contributed by atoms with Gasteiger partial charge in [-0.25, -0.2) is 0 Å².